The van der Waals surface area contributed by atoms with Gasteiger partial charge in [-0.3, -0.25) is 14.9 Å². The number of nitrogens with zero attached hydrogens (tertiary/aromatic N) is 1. The normalized spacial score (nSPS) is 12.3. The fourth-order valence-corrected chi connectivity index (χ4v) is 1.31. The highest BCUT2D eigenvalue weighted by atomic mass is 16.6. The standard InChI is InChI=1S/C12H15N3O3/c1-9(8-13)14-12(16)7-6-10-4-2-3-5-11(10)15(17)18/h2-7,9H,8,13H2,1H3,(H,14,16). The maximum atomic E-state index is 11.4. The van der Waals surface area contributed by atoms with Crippen molar-refractivity contribution in [2.24, 2.45) is 5.73 Å². The van der Waals surface area contributed by atoms with Crippen molar-refractivity contribution < 1.29 is 9.72 Å². The van der Waals surface area contributed by atoms with Gasteiger partial charge in [0.05, 0.1) is 10.5 Å². The molecule has 18 heavy (non-hydrogen) atoms. The monoisotopic (exact) mass is 249 g/mol. The largest absolute Gasteiger partial charge is 0.349 e. The highest BCUT2D eigenvalue weighted by Gasteiger charge is 2.09. The van der Waals surface area contributed by atoms with Gasteiger partial charge in [0.15, 0.2) is 0 Å². The molecule has 1 aromatic rings. The lowest BCUT2D eigenvalue weighted by atomic mass is 10.1. The Morgan fingerprint density at radius 2 is 2.22 bits per heavy atom. The minimum atomic E-state index is -0.486. The summed E-state index contributed by atoms with van der Waals surface area (Å²) in [5, 5.41) is 13.4. The molecule has 0 saturated heterocycles. The van der Waals surface area contributed by atoms with Gasteiger partial charge < -0.3 is 11.1 Å². The van der Waals surface area contributed by atoms with E-state index in [1.165, 1.54) is 18.2 Å². The van der Waals surface area contributed by atoms with E-state index in [4.69, 9.17) is 5.73 Å². The Kier molecular flexibility index (Phi) is 5.01. The van der Waals surface area contributed by atoms with Crippen LogP contribution in [-0.4, -0.2) is 23.4 Å². The number of hydrogen-bond acceptors (Lipinski definition) is 4. The lowest BCUT2D eigenvalue weighted by Gasteiger charge is -2.08. The summed E-state index contributed by atoms with van der Waals surface area (Å²) in [6.07, 6.45) is 2.67. The van der Waals surface area contributed by atoms with Crippen molar-refractivity contribution in [3.8, 4) is 0 Å². The second kappa shape index (κ2) is 6.51. The fourth-order valence-electron chi connectivity index (χ4n) is 1.31. The third kappa shape index (κ3) is 3.99. The van der Waals surface area contributed by atoms with Gasteiger partial charge in [0.2, 0.25) is 5.91 Å². The molecule has 0 bridgehead atoms. The summed E-state index contributed by atoms with van der Waals surface area (Å²) < 4.78 is 0. The number of nitrogens with one attached hydrogen (secondary N) is 1. The molecule has 1 unspecified atom stereocenters. The Bertz CT molecular complexity index is 471. The molecular formula is C12H15N3O3. The van der Waals surface area contributed by atoms with Gasteiger partial charge >= 0.3 is 0 Å². The van der Waals surface area contributed by atoms with Crippen LogP contribution in [0, 0.1) is 10.1 Å². The van der Waals surface area contributed by atoms with E-state index in [2.05, 4.69) is 5.32 Å². The molecule has 1 amide bonds. The van der Waals surface area contributed by atoms with E-state index in [1.807, 2.05) is 0 Å². The van der Waals surface area contributed by atoms with Crippen LogP contribution >= 0.6 is 0 Å². The van der Waals surface area contributed by atoms with Gasteiger partial charge in [-0.25, -0.2) is 0 Å². The molecule has 0 fully saturated rings. The molecular weight excluding hydrogens is 234 g/mol. The van der Waals surface area contributed by atoms with Crippen molar-refractivity contribution in [1.82, 2.24) is 5.32 Å². The van der Waals surface area contributed by atoms with Crippen molar-refractivity contribution >= 4 is 17.7 Å². The van der Waals surface area contributed by atoms with Crippen LogP contribution in [0.4, 0.5) is 5.69 Å². The van der Waals surface area contributed by atoms with Crippen molar-refractivity contribution in [2.75, 3.05) is 6.54 Å². The maximum absolute atomic E-state index is 11.4. The molecule has 0 aromatic heterocycles. The first-order valence-corrected chi connectivity index (χ1v) is 5.46. The van der Waals surface area contributed by atoms with Gasteiger partial charge in [0, 0.05) is 24.7 Å². The third-order valence-corrected chi connectivity index (χ3v) is 2.29. The lowest BCUT2D eigenvalue weighted by molar-refractivity contribution is -0.385. The molecule has 3 N–H and O–H groups in total. The quantitative estimate of drug-likeness (QED) is 0.463. The average molecular weight is 249 g/mol. The highest BCUT2D eigenvalue weighted by molar-refractivity contribution is 5.92. The molecule has 0 aliphatic heterocycles. The van der Waals surface area contributed by atoms with E-state index < -0.39 is 4.92 Å². The summed E-state index contributed by atoms with van der Waals surface area (Å²) >= 11 is 0. The van der Waals surface area contributed by atoms with Crippen molar-refractivity contribution in [2.45, 2.75) is 13.0 Å². The predicted molar refractivity (Wildman–Crippen MR) is 68.8 cm³/mol. The summed E-state index contributed by atoms with van der Waals surface area (Å²) in [4.78, 5) is 21.7. The summed E-state index contributed by atoms with van der Waals surface area (Å²) in [5.74, 6) is -0.328. The third-order valence-electron chi connectivity index (χ3n) is 2.29. The SMILES string of the molecule is CC(CN)NC(=O)C=Cc1ccccc1[N+](=O)[O-]. The molecule has 0 radical (unpaired) electrons. The predicted octanol–water partition coefficient (Wildman–Crippen LogP) is 1.07. The number of rotatable bonds is 5. The van der Waals surface area contributed by atoms with Crippen LogP contribution in [0.15, 0.2) is 30.3 Å². The Morgan fingerprint density at radius 1 is 1.56 bits per heavy atom. The molecule has 0 spiro atoms. The van der Waals surface area contributed by atoms with Gasteiger partial charge in [-0.15, -0.1) is 0 Å². The van der Waals surface area contributed by atoms with Gasteiger partial charge in [0.25, 0.3) is 5.69 Å². The summed E-state index contributed by atoms with van der Waals surface area (Å²) in [7, 11) is 0. The second-order valence-corrected chi connectivity index (χ2v) is 3.79. The first-order chi connectivity index (χ1) is 8.54. The number of carbonyl (C=O) groups excluding carboxylic acids is 1. The molecule has 1 atom stereocenters. The van der Waals surface area contributed by atoms with Crippen molar-refractivity contribution in [1.29, 1.82) is 0 Å². The molecule has 1 rings (SSSR count). The zero-order chi connectivity index (χ0) is 13.5. The number of benzene rings is 1. The van der Waals surface area contributed by atoms with Crippen LogP contribution in [0.2, 0.25) is 0 Å². The zero-order valence-corrected chi connectivity index (χ0v) is 10.00. The highest BCUT2D eigenvalue weighted by Crippen LogP contribution is 2.18. The van der Waals surface area contributed by atoms with Crippen LogP contribution in [0.3, 0.4) is 0 Å². The zero-order valence-electron chi connectivity index (χ0n) is 10.00. The van der Waals surface area contributed by atoms with E-state index >= 15 is 0 Å². The number of hydrogen-bond donors (Lipinski definition) is 2. The van der Waals surface area contributed by atoms with Crippen LogP contribution < -0.4 is 11.1 Å². The summed E-state index contributed by atoms with van der Waals surface area (Å²) in [6.45, 7) is 2.11. The van der Waals surface area contributed by atoms with Gasteiger partial charge in [-0.05, 0) is 19.1 Å². The molecule has 0 aliphatic rings. The molecule has 6 heteroatoms. The molecule has 0 heterocycles. The van der Waals surface area contributed by atoms with E-state index in [0.29, 0.717) is 12.1 Å². The number of amides is 1. The average Bonchev–Trinajstić information content (AvgIpc) is 2.36. The number of nitro groups is 1. The van der Waals surface area contributed by atoms with E-state index in [-0.39, 0.29) is 17.6 Å². The van der Waals surface area contributed by atoms with Gasteiger partial charge in [-0.1, -0.05) is 12.1 Å². The number of nitrogens with two attached hydrogens (primary N) is 1. The Morgan fingerprint density at radius 3 is 2.83 bits per heavy atom. The topological polar surface area (TPSA) is 98.3 Å². The molecule has 6 nitrogen and oxygen atoms in total. The van der Waals surface area contributed by atoms with Crippen LogP contribution in [-0.2, 0) is 4.79 Å². The number of para-hydroxylation sites is 1. The van der Waals surface area contributed by atoms with Crippen LogP contribution in [0.25, 0.3) is 6.08 Å². The van der Waals surface area contributed by atoms with Crippen LogP contribution in [0.1, 0.15) is 12.5 Å². The van der Waals surface area contributed by atoms with E-state index in [9.17, 15) is 14.9 Å². The maximum Gasteiger partial charge on any atom is 0.276 e. The Hall–Kier alpha value is -2.21. The van der Waals surface area contributed by atoms with E-state index in [0.717, 1.165) is 0 Å². The Balaban J connectivity index is 2.78. The van der Waals surface area contributed by atoms with Crippen LogP contribution in [0.5, 0.6) is 0 Å². The summed E-state index contributed by atoms with van der Waals surface area (Å²) in [5.41, 5.74) is 5.72. The second-order valence-electron chi connectivity index (χ2n) is 3.79. The minimum Gasteiger partial charge on any atom is -0.349 e. The first-order valence-electron chi connectivity index (χ1n) is 5.46. The van der Waals surface area contributed by atoms with E-state index in [1.54, 1.807) is 25.1 Å². The Labute approximate surface area is 105 Å². The molecule has 1 aromatic carbocycles. The minimum absolute atomic E-state index is 0.0339. The van der Waals surface area contributed by atoms with Crippen molar-refractivity contribution in [3.05, 3.63) is 46.0 Å². The van der Waals surface area contributed by atoms with Crippen molar-refractivity contribution in [3.63, 3.8) is 0 Å². The lowest BCUT2D eigenvalue weighted by Crippen LogP contribution is -2.36. The molecule has 0 saturated carbocycles. The van der Waals surface area contributed by atoms with Gasteiger partial charge in [-0.2, -0.15) is 0 Å². The first kappa shape index (κ1) is 13.9. The fraction of sp³-hybridized carbons (Fsp3) is 0.250. The summed E-state index contributed by atoms with van der Waals surface area (Å²) in [6, 6.07) is 6.08. The molecule has 96 valence electrons. The molecule has 0 aliphatic carbocycles. The number of carbonyl (C=O) groups is 1. The number of nitro benzene ring substituents is 1. The smallest absolute Gasteiger partial charge is 0.276 e. The van der Waals surface area contributed by atoms with Gasteiger partial charge in [0.1, 0.15) is 0 Å².